The second-order valence-corrected chi connectivity index (χ2v) is 3.35. The van der Waals surface area contributed by atoms with Crippen LogP contribution in [-0.4, -0.2) is 9.55 Å². The van der Waals surface area contributed by atoms with Gasteiger partial charge in [-0.2, -0.15) is 0 Å². The van der Waals surface area contributed by atoms with Crippen molar-refractivity contribution < 1.29 is 4.39 Å². The summed E-state index contributed by atoms with van der Waals surface area (Å²) in [6.07, 6.45) is 3.18. The summed E-state index contributed by atoms with van der Waals surface area (Å²) in [5, 5.41) is 0.594. The van der Waals surface area contributed by atoms with E-state index in [0.29, 0.717) is 5.39 Å². The van der Waals surface area contributed by atoms with Crippen molar-refractivity contribution in [1.29, 1.82) is 0 Å². The molecule has 0 aliphatic rings. The lowest BCUT2D eigenvalue weighted by Crippen LogP contribution is -1.99. The fraction of sp³-hybridized carbons (Fsp3) is 0.300. The lowest BCUT2D eigenvalue weighted by atomic mass is 10.3. The largest absolute Gasteiger partial charge is 0.327 e. The highest BCUT2D eigenvalue weighted by Gasteiger charge is 2.09. The Hall–Kier alpha value is -1.38. The van der Waals surface area contributed by atoms with Crippen LogP contribution in [0.3, 0.4) is 0 Å². The first-order chi connectivity index (χ1) is 6.20. The molecule has 0 aliphatic heterocycles. The van der Waals surface area contributed by atoms with Crippen molar-refractivity contribution in [2.75, 3.05) is 0 Å². The Kier molecular flexibility index (Phi) is 1.79. The van der Waals surface area contributed by atoms with Crippen LogP contribution >= 0.6 is 0 Å². The summed E-state index contributed by atoms with van der Waals surface area (Å²) in [7, 11) is 0. The molecular weight excluding hydrogens is 167 g/mol. The van der Waals surface area contributed by atoms with Gasteiger partial charge < -0.3 is 4.57 Å². The van der Waals surface area contributed by atoms with E-state index in [1.165, 1.54) is 6.20 Å². The van der Waals surface area contributed by atoms with Crippen LogP contribution in [0.25, 0.3) is 11.0 Å². The Morgan fingerprint density at radius 2 is 2.23 bits per heavy atom. The lowest BCUT2D eigenvalue weighted by Gasteiger charge is -2.06. The van der Waals surface area contributed by atoms with Gasteiger partial charge >= 0.3 is 0 Å². The van der Waals surface area contributed by atoms with E-state index < -0.39 is 0 Å². The number of halogens is 1. The summed E-state index contributed by atoms with van der Waals surface area (Å²) >= 11 is 0. The van der Waals surface area contributed by atoms with E-state index in [4.69, 9.17) is 0 Å². The number of nitrogens with zero attached hydrogens (tertiary/aromatic N) is 2. The molecule has 3 heteroatoms. The molecule has 0 saturated carbocycles. The third-order valence-electron chi connectivity index (χ3n) is 2.10. The molecule has 0 saturated heterocycles. The van der Waals surface area contributed by atoms with E-state index in [0.717, 1.165) is 5.65 Å². The molecule has 0 N–H and O–H groups in total. The molecule has 0 fully saturated rings. The Bertz CT molecular complexity index is 431. The maximum atomic E-state index is 13.3. The maximum absolute atomic E-state index is 13.3. The smallest absolute Gasteiger partial charge is 0.150 e. The average Bonchev–Trinajstić information content (AvgIpc) is 2.45. The van der Waals surface area contributed by atoms with Crippen LogP contribution in [0.5, 0.6) is 0 Å². The maximum Gasteiger partial charge on any atom is 0.150 e. The Labute approximate surface area is 76.0 Å². The van der Waals surface area contributed by atoms with Crippen LogP contribution in [0.2, 0.25) is 0 Å². The highest BCUT2D eigenvalue weighted by Crippen LogP contribution is 2.20. The summed E-state index contributed by atoms with van der Waals surface area (Å²) in [6.45, 7) is 4.01. The first-order valence-corrected chi connectivity index (χ1v) is 4.31. The summed E-state index contributed by atoms with van der Waals surface area (Å²) in [5.74, 6) is -0.197. The van der Waals surface area contributed by atoms with Gasteiger partial charge in [-0.3, -0.25) is 0 Å². The molecule has 2 nitrogen and oxygen atoms in total. The molecule has 0 aliphatic carbocycles. The van der Waals surface area contributed by atoms with Crippen LogP contribution in [0, 0.1) is 5.82 Å². The van der Waals surface area contributed by atoms with Gasteiger partial charge in [0.2, 0.25) is 0 Å². The average molecular weight is 178 g/mol. The van der Waals surface area contributed by atoms with Crippen molar-refractivity contribution in [2.24, 2.45) is 0 Å². The van der Waals surface area contributed by atoms with Crippen LogP contribution < -0.4 is 0 Å². The van der Waals surface area contributed by atoms with Gasteiger partial charge in [0.05, 0.1) is 5.39 Å². The van der Waals surface area contributed by atoms with Gasteiger partial charge in [-0.05, 0) is 26.0 Å². The zero-order valence-corrected chi connectivity index (χ0v) is 7.66. The van der Waals surface area contributed by atoms with Gasteiger partial charge in [0, 0.05) is 18.4 Å². The van der Waals surface area contributed by atoms with Crippen molar-refractivity contribution in [3.05, 3.63) is 30.3 Å². The van der Waals surface area contributed by atoms with Crippen molar-refractivity contribution in [2.45, 2.75) is 19.9 Å². The Balaban J connectivity index is 2.78. The summed E-state index contributed by atoms with van der Waals surface area (Å²) in [6, 6.07) is 3.73. The predicted molar refractivity (Wildman–Crippen MR) is 50.1 cm³/mol. The van der Waals surface area contributed by atoms with Crippen LogP contribution in [0.15, 0.2) is 24.5 Å². The quantitative estimate of drug-likeness (QED) is 0.656. The van der Waals surface area contributed by atoms with E-state index in [1.807, 2.05) is 18.4 Å². The minimum absolute atomic E-state index is 0.197. The number of pyridine rings is 1. The van der Waals surface area contributed by atoms with Gasteiger partial charge in [0.15, 0.2) is 0 Å². The van der Waals surface area contributed by atoms with Gasteiger partial charge in [-0.25, -0.2) is 9.37 Å². The third-order valence-corrected chi connectivity index (χ3v) is 2.10. The Morgan fingerprint density at radius 3 is 2.92 bits per heavy atom. The van der Waals surface area contributed by atoms with E-state index in [2.05, 4.69) is 4.98 Å². The second kappa shape index (κ2) is 2.83. The molecule has 0 spiro atoms. The van der Waals surface area contributed by atoms with Crippen molar-refractivity contribution in [1.82, 2.24) is 9.55 Å². The standard InChI is InChI=1S/C10H11FN2/c1-7(2)13-6-9(11)8-4-3-5-12-10(8)13/h3-7H,1-2H3. The molecule has 0 atom stereocenters. The SMILES string of the molecule is CC(C)n1cc(F)c2cccnc21. The van der Waals surface area contributed by atoms with Gasteiger partial charge in [-0.15, -0.1) is 0 Å². The number of hydrogen-bond donors (Lipinski definition) is 0. The van der Waals surface area contributed by atoms with E-state index >= 15 is 0 Å². The fourth-order valence-electron chi connectivity index (χ4n) is 1.44. The third kappa shape index (κ3) is 1.20. The molecule has 0 radical (unpaired) electrons. The zero-order valence-electron chi connectivity index (χ0n) is 7.66. The predicted octanol–water partition coefficient (Wildman–Crippen LogP) is 2.76. The fourth-order valence-corrected chi connectivity index (χ4v) is 1.44. The molecule has 0 bridgehead atoms. The molecule has 0 aromatic carbocycles. The summed E-state index contributed by atoms with van der Waals surface area (Å²) in [5.41, 5.74) is 0.718. The Morgan fingerprint density at radius 1 is 1.46 bits per heavy atom. The molecule has 13 heavy (non-hydrogen) atoms. The molecule has 2 aromatic rings. The van der Waals surface area contributed by atoms with E-state index in [-0.39, 0.29) is 11.9 Å². The first-order valence-electron chi connectivity index (χ1n) is 4.31. The molecular formula is C10H11FN2. The molecule has 2 rings (SSSR count). The topological polar surface area (TPSA) is 17.8 Å². The summed E-state index contributed by atoms with van der Waals surface area (Å²) < 4.78 is 15.1. The van der Waals surface area contributed by atoms with Gasteiger partial charge in [0.1, 0.15) is 11.5 Å². The minimum Gasteiger partial charge on any atom is -0.327 e. The number of aromatic nitrogens is 2. The molecule has 2 aromatic heterocycles. The molecule has 2 heterocycles. The van der Waals surface area contributed by atoms with Crippen molar-refractivity contribution >= 4 is 11.0 Å². The first kappa shape index (κ1) is 8.23. The minimum atomic E-state index is -0.197. The summed E-state index contributed by atoms with van der Waals surface area (Å²) in [4.78, 5) is 4.15. The number of hydrogen-bond acceptors (Lipinski definition) is 1. The highest BCUT2D eigenvalue weighted by molar-refractivity contribution is 5.76. The van der Waals surface area contributed by atoms with Crippen molar-refractivity contribution in [3.8, 4) is 0 Å². The van der Waals surface area contributed by atoms with Crippen LogP contribution in [0.4, 0.5) is 4.39 Å². The van der Waals surface area contributed by atoms with Crippen LogP contribution in [0.1, 0.15) is 19.9 Å². The zero-order chi connectivity index (χ0) is 9.42. The highest BCUT2D eigenvalue weighted by atomic mass is 19.1. The van der Waals surface area contributed by atoms with Gasteiger partial charge in [0.25, 0.3) is 0 Å². The lowest BCUT2D eigenvalue weighted by molar-refractivity contribution is 0.585. The molecule has 68 valence electrons. The number of rotatable bonds is 1. The van der Waals surface area contributed by atoms with Crippen LogP contribution in [-0.2, 0) is 0 Å². The second-order valence-electron chi connectivity index (χ2n) is 3.35. The van der Waals surface area contributed by atoms with Crippen molar-refractivity contribution in [3.63, 3.8) is 0 Å². The number of fused-ring (bicyclic) bond motifs is 1. The normalized spacial score (nSPS) is 11.4. The monoisotopic (exact) mass is 178 g/mol. The molecule has 0 unspecified atom stereocenters. The van der Waals surface area contributed by atoms with E-state index in [1.54, 1.807) is 18.3 Å². The van der Waals surface area contributed by atoms with E-state index in [9.17, 15) is 4.39 Å². The van der Waals surface area contributed by atoms with Gasteiger partial charge in [-0.1, -0.05) is 0 Å². The molecule has 0 amide bonds.